The molecule has 0 spiro atoms. The molecule has 0 aliphatic rings. The van der Waals surface area contributed by atoms with Crippen molar-refractivity contribution in [2.45, 2.75) is 0 Å². The quantitative estimate of drug-likeness (QED) is 0.508. The molecule has 0 radical (unpaired) electrons. The van der Waals surface area contributed by atoms with Crippen molar-refractivity contribution in [3.05, 3.63) is 64.7 Å². The molecule has 0 saturated heterocycles. The molecule has 21 heavy (non-hydrogen) atoms. The number of para-hydroxylation sites is 1. The van der Waals surface area contributed by atoms with Gasteiger partial charge in [-0.1, -0.05) is 29.8 Å². The molecule has 1 N–H and O–H groups in total. The van der Waals surface area contributed by atoms with Crippen molar-refractivity contribution in [3.8, 4) is 5.69 Å². The normalized spacial score (nSPS) is 11.3. The van der Waals surface area contributed by atoms with E-state index in [0.29, 0.717) is 9.79 Å². The highest BCUT2D eigenvalue weighted by Crippen LogP contribution is 2.28. The van der Waals surface area contributed by atoms with Crippen molar-refractivity contribution in [1.29, 1.82) is 0 Å². The average molecular weight is 312 g/mol. The zero-order valence-corrected chi connectivity index (χ0v) is 12.4. The molecule has 0 amide bonds. The largest absolute Gasteiger partial charge is 0.329 e. The summed E-state index contributed by atoms with van der Waals surface area (Å²) < 4.78 is 2.64. The van der Waals surface area contributed by atoms with E-state index in [9.17, 15) is 0 Å². The van der Waals surface area contributed by atoms with E-state index in [0.717, 1.165) is 27.5 Å². The summed E-state index contributed by atoms with van der Waals surface area (Å²) in [7, 11) is 0. The lowest BCUT2D eigenvalue weighted by Gasteiger charge is -2.08. The summed E-state index contributed by atoms with van der Waals surface area (Å²) in [6, 6.07) is 13.9. The Morgan fingerprint density at radius 2 is 1.95 bits per heavy atom. The van der Waals surface area contributed by atoms with E-state index in [2.05, 4.69) is 9.97 Å². The predicted molar refractivity (Wildman–Crippen MR) is 88.8 cm³/mol. The molecule has 2 aromatic carbocycles. The third-order valence-electron chi connectivity index (χ3n) is 3.57. The smallest absolute Gasteiger partial charge is 0.182 e. The average Bonchev–Trinajstić information content (AvgIpc) is 2.84. The van der Waals surface area contributed by atoms with Crippen molar-refractivity contribution in [2.75, 3.05) is 0 Å². The molecule has 2 heterocycles. The van der Waals surface area contributed by atoms with Gasteiger partial charge in [0, 0.05) is 23.2 Å². The highest BCUT2D eigenvalue weighted by atomic mass is 35.5. The Balaban J connectivity index is 2.17. The monoisotopic (exact) mass is 311 g/mol. The second kappa shape index (κ2) is 4.69. The Kier molecular flexibility index (Phi) is 2.80. The molecule has 0 aliphatic carbocycles. The summed E-state index contributed by atoms with van der Waals surface area (Å²) in [5.74, 6) is 0. The van der Waals surface area contributed by atoms with Gasteiger partial charge in [0.25, 0.3) is 0 Å². The van der Waals surface area contributed by atoms with Crippen LogP contribution >= 0.6 is 23.8 Å². The maximum absolute atomic E-state index is 6.25. The summed E-state index contributed by atoms with van der Waals surface area (Å²) in [4.78, 5) is 7.36. The molecule has 0 atom stereocenters. The van der Waals surface area contributed by atoms with Crippen LogP contribution in [0, 0.1) is 4.77 Å². The molecule has 2 aromatic heterocycles. The predicted octanol–water partition coefficient (Wildman–Crippen LogP) is 4.89. The first-order valence-electron chi connectivity index (χ1n) is 6.48. The van der Waals surface area contributed by atoms with E-state index in [1.165, 1.54) is 0 Å². The number of aromatic nitrogens is 3. The molecule has 0 aliphatic heterocycles. The van der Waals surface area contributed by atoms with Crippen LogP contribution in [0.25, 0.3) is 27.5 Å². The number of aromatic amines is 1. The van der Waals surface area contributed by atoms with Crippen LogP contribution in [0.15, 0.2) is 54.9 Å². The second-order valence-electron chi connectivity index (χ2n) is 4.77. The van der Waals surface area contributed by atoms with Crippen LogP contribution in [0.1, 0.15) is 0 Å². The molecular formula is C16H10ClN3S. The lowest BCUT2D eigenvalue weighted by atomic mass is 10.1. The first kappa shape index (κ1) is 12.6. The standard InChI is InChI=1S/C16H10ClN3S/c17-12-4-2-6-14-15(12)19-16(21)20(14)13-5-1-3-10-9-18-8-7-11(10)13/h1-9H,(H,19,21). The minimum Gasteiger partial charge on any atom is -0.329 e. The van der Waals surface area contributed by atoms with E-state index in [-0.39, 0.29) is 0 Å². The van der Waals surface area contributed by atoms with Crippen LogP contribution in [0.4, 0.5) is 0 Å². The number of nitrogens with one attached hydrogen (secondary N) is 1. The fourth-order valence-electron chi connectivity index (χ4n) is 2.63. The number of benzene rings is 2. The third kappa shape index (κ3) is 1.87. The second-order valence-corrected chi connectivity index (χ2v) is 5.57. The molecule has 0 fully saturated rings. The Labute approximate surface area is 130 Å². The van der Waals surface area contributed by atoms with Gasteiger partial charge in [0.15, 0.2) is 4.77 Å². The molecule has 4 aromatic rings. The highest BCUT2D eigenvalue weighted by Gasteiger charge is 2.11. The Hall–Kier alpha value is -2.17. The zero-order valence-electron chi connectivity index (χ0n) is 10.9. The van der Waals surface area contributed by atoms with Crippen LogP contribution in [0.5, 0.6) is 0 Å². The molecule has 5 heteroatoms. The molecule has 0 bridgehead atoms. The zero-order chi connectivity index (χ0) is 14.4. The van der Waals surface area contributed by atoms with Crippen molar-refractivity contribution in [3.63, 3.8) is 0 Å². The van der Waals surface area contributed by atoms with E-state index >= 15 is 0 Å². The molecule has 102 valence electrons. The number of pyridine rings is 1. The maximum Gasteiger partial charge on any atom is 0.182 e. The van der Waals surface area contributed by atoms with Gasteiger partial charge < -0.3 is 4.98 Å². The van der Waals surface area contributed by atoms with Gasteiger partial charge in [0.1, 0.15) is 0 Å². The fraction of sp³-hybridized carbons (Fsp3) is 0. The minimum atomic E-state index is 0.627. The van der Waals surface area contributed by atoms with Crippen LogP contribution in [0.2, 0.25) is 5.02 Å². The van der Waals surface area contributed by atoms with Crippen LogP contribution < -0.4 is 0 Å². The number of hydrogen-bond donors (Lipinski definition) is 1. The molecule has 4 rings (SSSR count). The van der Waals surface area contributed by atoms with E-state index < -0.39 is 0 Å². The SMILES string of the molecule is S=c1[nH]c2c(Cl)cccc2n1-c1cccc2cnccc12. The fourth-order valence-corrected chi connectivity index (χ4v) is 3.15. The van der Waals surface area contributed by atoms with Gasteiger partial charge in [-0.25, -0.2) is 0 Å². The number of halogens is 1. The van der Waals surface area contributed by atoms with Gasteiger partial charge in [-0.05, 0) is 36.5 Å². The number of H-pyrrole nitrogens is 1. The van der Waals surface area contributed by atoms with Gasteiger partial charge in [0.2, 0.25) is 0 Å². The maximum atomic E-state index is 6.25. The van der Waals surface area contributed by atoms with Crippen LogP contribution in [-0.4, -0.2) is 14.5 Å². The Morgan fingerprint density at radius 3 is 2.86 bits per heavy atom. The minimum absolute atomic E-state index is 0.627. The van der Waals surface area contributed by atoms with Gasteiger partial charge in [-0.2, -0.15) is 0 Å². The van der Waals surface area contributed by atoms with Gasteiger partial charge in [0.05, 0.1) is 21.7 Å². The molecule has 0 saturated carbocycles. The summed E-state index contributed by atoms with van der Waals surface area (Å²) in [5, 5.41) is 2.84. The molecule has 3 nitrogen and oxygen atoms in total. The number of fused-ring (bicyclic) bond motifs is 2. The number of nitrogens with zero attached hydrogens (tertiary/aromatic N) is 2. The molecular weight excluding hydrogens is 302 g/mol. The Morgan fingerprint density at radius 1 is 1.10 bits per heavy atom. The van der Waals surface area contributed by atoms with E-state index in [4.69, 9.17) is 23.8 Å². The van der Waals surface area contributed by atoms with Crippen molar-refractivity contribution in [1.82, 2.24) is 14.5 Å². The first-order valence-corrected chi connectivity index (χ1v) is 7.27. The first-order chi connectivity index (χ1) is 10.3. The van der Waals surface area contributed by atoms with E-state index in [1.807, 2.05) is 53.2 Å². The third-order valence-corrected chi connectivity index (χ3v) is 4.17. The lowest BCUT2D eigenvalue weighted by Crippen LogP contribution is -1.95. The van der Waals surface area contributed by atoms with Gasteiger partial charge in [-0.15, -0.1) is 0 Å². The summed E-state index contributed by atoms with van der Waals surface area (Å²) in [6.45, 7) is 0. The van der Waals surface area contributed by atoms with Crippen LogP contribution in [0.3, 0.4) is 0 Å². The van der Waals surface area contributed by atoms with Gasteiger partial charge in [-0.3, -0.25) is 9.55 Å². The summed E-state index contributed by atoms with van der Waals surface area (Å²) in [6.07, 6.45) is 3.64. The number of rotatable bonds is 1. The molecule has 0 unspecified atom stereocenters. The lowest BCUT2D eigenvalue weighted by molar-refractivity contribution is 1.08. The van der Waals surface area contributed by atoms with E-state index in [1.54, 1.807) is 6.20 Å². The van der Waals surface area contributed by atoms with Crippen LogP contribution in [-0.2, 0) is 0 Å². The number of hydrogen-bond acceptors (Lipinski definition) is 2. The van der Waals surface area contributed by atoms with Gasteiger partial charge >= 0.3 is 0 Å². The summed E-state index contributed by atoms with van der Waals surface area (Å²) >= 11 is 11.7. The topological polar surface area (TPSA) is 33.6 Å². The Bertz CT molecular complexity index is 1030. The van der Waals surface area contributed by atoms with Crippen molar-refractivity contribution < 1.29 is 0 Å². The van der Waals surface area contributed by atoms with Crippen molar-refractivity contribution in [2.24, 2.45) is 0 Å². The summed E-state index contributed by atoms with van der Waals surface area (Å²) in [5.41, 5.74) is 2.85. The number of imidazole rings is 1. The van der Waals surface area contributed by atoms with Crippen molar-refractivity contribution >= 4 is 45.6 Å². The highest BCUT2D eigenvalue weighted by molar-refractivity contribution is 7.71.